The summed E-state index contributed by atoms with van der Waals surface area (Å²) in [6.07, 6.45) is 11.4. The number of ketones is 1. The van der Waals surface area contributed by atoms with E-state index in [2.05, 4.69) is 23.6 Å². The highest BCUT2D eigenvalue weighted by Gasteiger charge is 2.58. The Morgan fingerprint density at radius 1 is 1.15 bits per heavy atom. The number of rotatable bonds is 16. The molecule has 258 valence electrons. The smallest absolute Gasteiger partial charge is 0.303 e. The number of hydrogen-bond acceptors (Lipinski definition) is 10. The molecule has 3 heterocycles. The van der Waals surface area contributed by atoms with Gasteiger partial charge in [-0.25, -0.2) is 0 Å². The zero-order chi connectivity index (χ0) is 33.9. The van der Waals surface area contributed by atoms with Crippen molar-refractivity contribution in [2.75, 3.05) is 25.2 Å². The largest absolute Gasteiger partial charge is 0.459 e. The molecule has 3 aliphatic heterocycles. The van der Waals surface area contributed by atoms with Crippen molar-refractivity contribution in [1.29, 1.82) is 0 Å². The Kier molecular flexibility index (Phi) is 15.0. The number of aliphatic hydroxyl groups is 1. The maximum absolute atomic E-state index is 12.6. The van der Waals surface area contributed by atoms with E-state index < -0.39 is 29.9 Å². The monoisotopic (exact) mass is 664 g/mol. The Morgan fingerprint density at radius 3 is 2.57 bits per heavy atom. The van der Waals surface area contributed by atoms with Crippen LogP contribution in [0.5, 0.6) is 0 Å². The molecule has 0 aromatic heterocycles. The van der Waals surface area contributed by atoms with E-state index in [4.69, 9.17) is 18.9 Å². The number of aliphatic hydroxyl groups excluding tert-OH is 1. The Bertz CT molecular complexity index is 1150. The van der Waals surface area contributed by atoms with Gasteiger partial charge in [0.1, 0.15) is 29.7 Å². The fourth-order valence-electron chi connectivity index (χ4n) is 5.94. The van der Waals surface area contributed by atoms with E-state index in [1.165, 1.54) is 24.8 Å². The van der Waals surface area contributed by atoms with Gasteiger partial charge in [-0.05, 0) is 58.3 Å². The molecule has 0 saturated carbocycles. The maximum Gasteiger partial charge on any atom is 0.303 e. The van der Waals surface area contributed by atoms with Crippen LogP contribution in [-0.2, 0) is 38.1 Å². The number of ether oxygens (including phenoxy) is 4. The molecule has 12 heteroatoms. The van der Waals surface area contributed by atoms with Gasteiger partial charge in [0.15, 0.2) is 0 Å². The first-order valence-corrected chi connectivity index (χ1v) is 17.6. The van der Waals surface area contributed by atoms with Crippen LogP contribution in [0, 0.1) is 5.92 Å². The molecule has 1 spiro atoms. The molecule has 0 unspecified atom stereocenters. The molecule has 0 aromatic rings. The molecular formula is C34H52N2O9S. The molecule has 11 nitrogen and oxygen atoms in total. The van der Waals surface area contributed by atoms with Crippen LogP contribution in [0.3, 0.4) is 0 Å². The minimum atomic E-state index is -0.816. The van der Waals surface area contributed by atoms with Gasteiger partial charge in [-0.15, -0.1) is 0 Å². The van der Waals surface area contributed by atoms with Gasteiger partial charge in [0, 0.05) is 38.8 Å². The van der Waals surface area contributed by atoms with Crippen LogP contribution in [0.25, 0.3) is 0 Å². The summed E-state index contributed by atoms with van der Waals surface area (Å²) < 4.78 is 23.1. The molecular weight excluding hydrogens is 612 g/mol. The summed E-state index contributed by atoms with van der Waals surface area (Å²) in [5, 5.41) is 16.8. The van der Waals surface area contributed by atoms with Crippen LogP contribution in [0.4, 0.5) is 0 Å². The number of amides is 2. The number of allylic oxidation sites excluding steroid dienone is 2. The molecule has 0 bridgehead atoms. The van der Waals surface area contributed by atoms with Gasteiger partial charge in [-0.1, -0.05) is 30.7 Å². The normalized spacial score (nSPS) is 32.0. The van der Waals surface area contributed by atoms with Gasteiger partial charge >= 0.3 is 5.97 Å². The first-order chi connectivity index (χ1) is 21.8. The maximum atomic E-state index is 12.6. The molecule has 3 N–H and O–H groups in total. The molecule has 46 heavy (non-hydrogen) atoms. The van der Waals surface area contributed by atoms with Crippen LogP contribution in [0.1, 0.15) is 73.1 Å². The van der Waals surface area contributed by atoms with Crippen molar-refractivity contribution in [3.05, 3.63) is 36.0 Å². The minimum absolute atomic E-state index is 0.0140. The summed E-state index contributed by atoms with van der Waals surface area (Å²) >= 11 is 1.46. The van der Waals surface area contributed by atoms with E-state index in [1.807, 2.05) is 32.3 Å². The van der Waals surface area contributed by atoms with Crippen molar-refractivity contribution < 1.29 is 43.2 Å². The highest BCUT2D eigenvalue weighted by Crippen LogP contribution is 2.43. The Labute approximate surface area is 277 Å². The number of Topliss-reactive ketones (excluding diaryl/α,β-unsaturated/α-hetero) is 1. The van der Waals surface area contributed by atoms with Crippen molar-refractivity contribution in [2.45, 2.75) is 121 Å². The molecule has 9 atom stereocenters. The number of hydrogen-bond donors (Lipinski definition) is 3. The van der Waals surface area contributed by atoms with Crippen LogP contribution < -0.4 is 10.6 Å². The summed E-state index contributed by atoms with van der Waals surface area (Å²) in [6, 6.07) is -0.134. The highest BCUT2D eigenvalue weighted by atomic mass is 32.2. The lowest BCUT2D eigenvalue weighted by atomic mass is 9.86. The van der Waals surface area contributed by atoms with E-state index in [1.54, 1.807) is 13.0 Å². The topological polar surface area (TPSA) is 153 Å². The Hall–Kier alpha value is -2.51. The summed E-state index contributed by atoms with van der Waals surface area (Å²) in [5.74, 6) is 0.00202. The third-order valence-electron chi connectivity index (χ3n) is 8.61. The molecule has 0 aromatic carbocycles. The van der Waals surface area contributed by atoms with Gasteiger partial charge in [-0.2, -0.15) is 11.8 Å². The SMILES string of the molecule is CSCC(=O)NCCCC(=O)C[C@@H]1C[C@@]2(CO2)[C@H](O)[C@@H](/C=C/C(C)=C/C[C@@H]2O[C@H](C)[C@H](NC(=O)/C=C\[C@H](C)OC(C)=O)C[C@@H]2C)O1. The molecule has 3 aliphatic rings. The fourth-order valence-corrected chi connectivity index (χ4v) is 6.30. The Balaban J connectivity index is 1.46. The quantitative estimate of drug-likeness (QED) is 0.0738. The van der Waals surface area contributed by atoms with E-state index in [0.717, 1.165) is 12.0 Å². The van der Waals surface area contributed by atoms with Crippen molar-refractivity contribution in [1.82, 2.24) is 10.6 Å². The van der Waals surface area contributed by atoms with Crippen molar-refractivity contribution in [3.8, 4) is 0 Å². The minimum Gasteiger partial charge on any atom is -0.459 e. The van der Waals surface area contributed by atoms with Crippen LogP contribution in [0.2, 0.25) is 0 Å². The number of carbonyl (C=O) groups is 4. The number of carbonyl (C=O) groups excluding carboxylic acids is 4. The van der Waals surface area contributed by atoms with Crippen LogP contribution in [-0.4, -0.2) is 102 Å². The zero-order valence-corrected chi connectivity index (χ0v) is 28.8. The molecule has 3 saturated heterocycles. The van der Waals surface area contributed by atoms with Crippen LogP contribution >= 0.6 is 11.8 Å². The van der Waals surface area contributed by atoms with Gasteiger partial charge in [0.25, 0.3) is 0 Å². The lowest BCUT2D eigenvalue weighted by molar-refractivity contribution is -0.144. The third-order valence-corrected chi connectivity index (χ3v) is 9.16. The van der Waals surface area contributed by atoms with E-state index in [0.29, 0.717) is 44.6 Å². The highest BCUT2D eigenvalue weighted by molar-refractivity contribution is 7.99. The molecule has 0 aliphatic carbocycles. The second-order valence-electron chi connectivity index (χ2n) is 12.8. The zero-order valence-electron chi connectivity index (χ0n) is 28.0. The van der Waals surface area contributed by atoms with Crippen molar-refractivity contribution in [2.24, 2.45) is 5.92 Å². The van der Waals surface area contributed by atoms with Gasteiger partial charge in [0.05, 0.1) is 36.7 Å². The molecule has 2 amide bonds. The summed E-state index contributed by atoms with van der Waals surface area (Å²) in [7, 11) is 0. The van der Waals surface area contributed by atoms with E-state index >= 15 is 0 Å². The van der Waals surface area contributed by atoms with E-state index in [9.17, 15) is 24.3 Å². The van der Waals surface area contributed by atoms with Crippen molar-refractivity contribution in [3.63, 3.8) is 0 Å². The molecule has 0 radical (unpaired) electrons. The van der Waals surface area contributed by atoms with Crippen molar-refractivity contribution >= 4 is 35.3 Å². The summed E-state index contributed by atoms with van der Waals surface area (Å²) in [6.45, 7) is 9.98. The first-order valence-electron chi connectivity index (χ1n) is 16.2. The third kappa shape index (κ3) is 12.3. The van der Waals surface area contributed by atoms with Crippen LogP contribution in [0.15, 0.2) is 36.0 Å². The number of thioether (sulfide) groups is 1. The lowest BCUT2D eigenvalue weighted by Crippen LogP contribution is -2.50. The Morgan fingerprint density at radius 2 is 1.89 bits per heavy atom. The van der Waals surface area contributed by atoms with E-state index in [-0.39, 0.29) is 54.3 Å². The summed E-state index contributed by atoms with van der Waals surface area (Å²) in [4.78, 5) is 47.7. The van der Waals surface area contributed by atoms with Gasteiger partial charge in [-0.3, -0.25) is 19.2 Å². The number of epoxide rings is 1. The standard InChI is InChI=1S/C34H52N2O9S/c1-21(9-12-29-22(2)16-28(24(4)44-29)36-31(39)14-11-23(3)43-25(5)37)10-13-30-33(41)34(20-42-34)18-27(45-30)17-26(38)8-7-15-35-32(40)19-46-6/h9-11,13-14,22-24,27-30,33,41H,7-8,12,15-20H2,1-6H3,(H,35,40)(H,36,39)/b13-10+,14-11-,21-9+/t22-,23-,24+,27+,28+,29-,30+,33+,34+/m0/s1. The predicted octanol–water partition coefficient (Wildman–Crippen LogP) is 3.19. The molecule has 3 fully saturated rings. The second kappa shape index (κ2) is 18.1. The predicted molar refractivity (Wildman–Crippen MR) is 176 cm³/mol. The van der Waals surface area contributed by atoms with Gasteiger partial charge < -0.3 is 34.7 Å². The first kappa shape index (κ1) is 37.9. The fraction of sp³-hybridized carbons (Fsp3) is 0.706. The average Bonchev–Trinajstić information content (AvgIpc) is 3.76. The lowest BCUT2D eigenvalue weighted by Gasteiger charge is -2.39. The molecule has 3 rings (SSSR count). The van der Waals surface area contributed by atoms with Gasteiger partial charge in [0.2, 0.25) is 11.8 Å². The second-order valence-corrected chi connectivity index (χ2v) is 13.6. The number of nitrogens with one attached hydrogen (secondary N) is 2. The summed E-state index contributed by atoms with van der Waals surface area (Å²) in [5.41, 5.74) is 0.333. The number of esters is 1. The average molecular weight is 665 g/mol.